The molecule has 1 aliphatic rings. The summed E-state index contributed by atoms with van der Waals surface area (Å²) in [7, 11) is 1.55. The Balaban J connectivity index is 1.54. The van der Waals surface area contributed by atoms with Crippen molar-refractivity contribution in [1.82, 2.24) is 0 Å². The highest BCUT2D eigenvalue weighted by molar-refractivity contribution is 7.12. The van der Waals surface area contributed by atoms with Gasteiger partial charge >= 0.3 is 0 Å². The van der Waals surface area contributed by atoms with Gasteiger partial charge in [-0.05, 0) is 42.0 Å². The fourth-order valence-electron chi connectivity index (χ4n) is 4.10. The van der Waals surface area contributed by atoms with Gasteiger partial charge in [-0.25, -0.2) is 0 Å². The van der Waals surface area contributed by atoms with Crippen molar-refractivity contribution in [2.45, 2.75) is 31.1 Å². The molecule has 3 aromatic rings. The Labute approximate surface area is 180 Å². The molecule has 0 radical (unpaired) electrons. The Bertz CT molecular complexity index is 1030. The number of methoxy groups -OCH3 is 1. The lowest BCUT2D eigenvalue weighted by atomic mass is 9.78. The van der Waals surface area contributed by atoms with Crippen LogP contribution in [0.15, 0.2) is 66.0 Å². The number of hydrogen-bond donors (Lipinski definition) is 2. The lowest BCUT2D eigenvalue weighted by Gasteiger charge is -2.28. The average Bonchev–Trinajstić information content (AvgIpc) is 3.48. The first kappa shape index (κ1) is 20.2. The second-order valence-electron chi connectivity index (χ2n) is 7.46. The maximum absolute atomic E-state index is 13.3. The summed E-state index contributed by atoms with van der Waals surface area (Å²) in [5.74, 6) is 0.315. The third-order valence-corrected chi connectivity index (χ3v) is 6.54. The lowest BCUT2D eigenvalue weighted by Crippen LogP contribution is -2.37. The zero-order valence-electron chi connectivity index (χ0n) is 16.8. The van der Waals surface area contributed by atoms with Gasteiger partial charge in [-0.2, -0.15) is 0 Å². The fraction of sp³-hybridized carbons (Fsp3) is 0.250. The predicted octanol–water partition coefficient (Wildman–Crippen LogP) is 5.46. The number of amides is 2. The zero-order chi connectivity index (χ0) is 21.0. The van der Waals surface area contributed by atoms with Crippen LogP contribution in [-0.4, -0.2) is 18.9 Å². The number of anilines is 2. The summed E-state index contributed by atoms with van der Waals surface area (Å²) in [6, 6.07) is 18.9. The van der Waals surface area contributed by atoms with Gasteiger partial charge in [0.25, 0.3) is 5.91 Å². The van der Waals surface area contributed by atoms with E-state index < -0.39 is 5.41 Å². The molecule has 1 heterocycles. The number of nitrogens with one attached hydrogen (secondary N) is 2. The van der Waals surface area contributed by atoms with Crippen LogP contribution >= 0.6 is 11.3 Å². The van der Waals surface area contributed by atoms with Crippen molar-refractivity contribution in [2.24, 2.45) is 0 Å². The zero-order valence-corrected chi connectivity index (χ0v) is 17.6. The molecule has 0 spiro atoms. The Hall–Kier alpha value is -3.12. The lowest BCUT2D eigenvalue weighted by molar-refractivity contribution is -0.121. The van der Waals surface area contributed by atoms with Gasteiger partial charge < -0.3 is 15.4 Å². The molecule has 2 N–H and O–H groups in total. The first-order valence-electron chi connectivity index (χ1n) is 10.0. The van der Waals surface area contributed by atoms with E-state index in [1.54, 1.807) is 31.4 Å². The maximum atomic E-state index is 13.3. The molecule has 2 amide bonds. The highest BCUT2D eigenvalue weighted by atomic mass is 32.1. The van der Waals surface area contributed by atoms with E-state index in [0.717, 1.165) is 31.2 Å². The largest absolute Gasteiger partial charge is 0.494 e. The smallest absolute Gasteiger partial charge is 0.265 e. The number of rotatable bonds is 6. The van der Waals surface area contributed by atoms with Crippen molar-refractivity contribution in [3.05, 3.63) is 76.5 Å². The number of hydrogen-bond acceptors (Lipinski definition) is 4. The summed E-state index contributed by atoms with van der Waals surface area (Å²) < 4.78 is 5.46. The standard InChI is InChI=1S/C24H24N2O3S/c1-29-20-16-18(11-12-19(20)26-22(27)21-10-7-15-30-21)25-23(28)24(13-5-6-14-24)17-8-3-2-4-9-17/h2-4,7-12,15-16H,5-6,13-14H2,1H3,(H,25,28)(H,26,27). The van der Waals surface area contributed by atoms with E-state index >= 15 is 0 Å². The Morgan fingerprint density at radius 3 is 2.40 bits per heavy atom. The fourth-order valence-corrected chi connectivity index (χ4v) is 4.72. The summed E-state index contributed by atoms with van der Waals surface area (Å²) in [6.45, 7) is 0. The molecule has 30 heavy (non-hydrogen) atoms. The molecule has 4 rings (SSSR count). The van der Waals surface area contributed by atoms with Gasteiger partial charge in [-0.1, -0.05) is 49.2 Å². The number of carbonyl (C=O) groups excluding carboxylic acids is 2. The predicted molar refractivity (Wildman–Crippen MR) is 120 cm³/mol. The number of benzene rings is 2. The Kier molecular flexibility index (Phi) is 5.86. The molecule has 5 nitrogen and oxygen atoms in total. The number of thiophene rings is 1. The molecule has 0 aliphatic heterocycles. The van der Waals surface area contributed by atoms with Crippen molar-refractivity contribution in [1.29, 1.82) is 0 Å². The molecule has 2 aromatic carbocycles. The van der Waals surface area contributed by atoms with Gasteiger partial charge in [0.2, 0.25) is 5.91 Å². The molecule has 1 fully saturated rings. The van der Waals surface area contributed by atoms with Gasteiger partial charge in [-0.15, -0.1) is 11.3 Å². The average molecular weight is 421 g/mol. The monoisotopic (exact) mass is 420 g/mol. The summed E-state index contributed by atoms with van der Waals surface area (Å²) >= 11 is 1.38. The van der Waals surface area contributed by atoms with Gasteiger partial charge in [0, 0.05) is 11.8 Å². The second kappa shape index (κ2) is 8.71. The van der Waals surface area contributed by atoms with E-state index in [-0.39, 0.29) is 11.8 Å². The van der Waals surface area contributed by atoms with E-state index in [1.807, 2.05) is 41.8 Å². The van der Waals surface area contributed by atoms with Crippen molar-refractivity contribution in [2.75, 3.05) is 17.7 Å². The van der Waals surface area contributed by atoms with Gasteiger partial charge in [0.05, 0.1) is 23.1 Å². The van der Waals surface area contributed by atoms with Crippen LogP contribution in [0.1, 0.15) is 40.9 Å². The number of carbonyl (C=O) groups is 2. The first-order valence-corrected chi connectivity index (χ1v) is 10.9. The van der Waals surface area contributed by atoms with Crippen LogP contribution < -0.4 is 15.4 Å². The second-order valence-corrected chi connectivity index (χ2v) is 8.40. The maximum Gasteiger partial charge on any atom is 0.265 e. The Morgan fingerprint density at radius 1 is 0.967 bits per heavy atom. The van der Waals surface area contributed by atoms with Crippen molar-refractivity contribution >= 4 is 34.5 Å². The topological polar surface area (TPSA) is 67.4 Å². The Morgan fingerprint density at radius 2 is 1.73 bits per heavy atom. The molecular formula is C24H24N2O3S. The van der Waals surface area contributed by atoms with E-state index in [1.165, 1.54) is 11.3 Å². The van der Waals surface area contributed by atoms with E-state index in [9.17, 15) is 9.59 Å². The first-order chi connectivity index (χ1) is 14.6. The minimum atomic E-state index is -0.499. The molecule has 1 aromatic heterocycles. The van der Waals surface area contributed by atoms with Crippen LogP contribution in [-0.2, 0) is 10.2 Å². The molecule has 6 heteroatoms. The highest BCUT2D eigenvalue weighted by Gasteiger charge is 2.42. The van der Waals surface area contributed by atoms with Gasteiger partial charge in [-0.3, -0.25) is 9.59 Å². The van der Waals surface area contributed by atoms with Crippen molar-refractivity contribution < 1.29 is 14.3 Å². The van der Waals surface area contributed by atoms with Crippen LogP contribution in [0.3, 0.4) is 0 Å². The van der Waals surface area contributed by atoms with E-state index in [4.69, 9.17) is 4.74 Å². The summed E-state index contributed by atoms with van der Waals surface area (Å²) in [5.41, 5.74) is 1.77. The quantitative estimate of drug-likeness (QED) is 0.556. The molecule has 0 saturated heterocycles. The minimum Gasteiger partial charge on any atom is -0.494 e. The van der Waals surface area contributed by atoms with Crippen LogP contribution in [0.2, 0.25) is 0 Å². The summed E-state index contributed by atoms with van der Waals surface area (Å²) in [5, 5.41) is 7.80. The van der Waals surface area contributed by atoms with Crippen LogP contribution in [0, 0.1) is 0 Å². The molecular weight excluding hydrogens is 396 g/mol. The van der Waals surface area contributed by atoms with Crippen LogP contribution in [0.4, 0.5) is 11.4 Å². The summed E-state index contributed by atoms with van der Waals surface area (Å²) in [6.07, 6.45) is 3.77. The molecule has 0 atom stereocenters. The van der Waals surface area contributed by atoms with Crippen molar-refractivity contribution in [3.8, 4) is 5.75 Å². The van der Waals surface area contributed by atoms with Crippen LogP contribution in [0.5, 0.6) is 5.75 Å². The highest BCUT2D eigenvalue weighted by Crippen LogP contribution is 2.42. The summed E-state index contributed by atoms with van der Waals surface area (Å²) in [4.78, 5) is 26.3. The third-order valence-electron chi connectivity index (χ3n) is 5.67. The molecule has 1 aliphatic carbocycles. The van der Waals surface area contributed by atoms with Crippen molar-refractivity contribution in [3.63, 3.8) is 0 Å². The van der Waals surface area contributed by atoms with E-state index in [2.05, 4.69) is 10.6 Å². The van der Waals surface area contributed by atoms with Gasteiger partial charge in [0.15, 0.2) is 0 Å². The molecule has 154 valence electrons. The number of ether oxygens (including phenoxy) is 1. The SMILES string of the molecule is COc1cc(NC(=O)C2(c3ccccc3)CCCC2)ccc1NC(=O)c1cccs1. The molecule has 0 unspecified atom stereocenters. The van der Waals surface area contributed by atoms with Crippen LogP contribution in [0.25, 0.3) is 0 Å². The molecule has 0 bridgehead atoms. The van der Waals surface area contributed by atoms with Gasteiger partial charge in [0.1, 0.15) is 5.75 Å². The van der Waals surface area contributed by atoms with E-state index in [0.29, 0.717) is 22.0 Å². The minimum absolute atomic E-state index is 0.00336. The molecule has 1 saturated carbocycles. The third kappa shape index (κ3) is 3.96. The normalized spacial score (nSPS) is 14.8.